The fourth-order valence-electron chi connectivity index (χ4n) is 5.10. The Morgan fingerprint density at radius 1 is 1.10 bits per heavy atom. The van der Waals surface area contributed by atoms with E-state index in [2.05, 4.69) is 24.8 Å². The number of benzene rings is 1. The van der Waals surface area contributed by atoms with Gasteiger partial charge in [-0.2, -0.15) is 0 Å². The van der Waals surface area contributed by atoms with Gasteiger partial charge in [0.15, 0.2) is 0 Å². The standard InChI is InChI=1S/C22H22ClN5O2S/c23-14-8-24-22(25-9-14)28-15-4-5-16(28)11-27(10-15)21(29)13-6-17(7-13)30-19-3-1-2-18-20(19)31-12-26-18/h1-3,8-9,12-13,15-17H,4-7,10-11H2. The lowest BCUT2D eigenvalue weighted by Gasteiger charge is -2.44. The number of amides is 1. The quantitative estimate of drug-likeness (QED) is 0.596. The Morgan fingerprint density at radius 2 is 1.84 bits per heavy atom. The third-order valence-electron chi connectivity index (χ3n) is 6.69. The molecule has 1 amide bonds. The van der Waals surface area contributed by atoms with E-state index in [4.69, 9.17) is 16.3 Å². The van der Waals surface area contributed by atoms with E-state index in [1.165, 1.54) is 0 Å². The van der Waals surface area contributed by atoms with Crippen molar-refractivity contribution >= 4 is 45.0 Å². The van der Waals surface area contributed by atoms with Gasteiger partial charge in [0.25, 0.3) is 0 Å². The van der Waals surface area contributed by atoms with Crippen LogP contribution in [0, 0.1) is 5.92 Å². The molecule has 1 aromatic carbocycles. The molecule has 7 nitrogen and oxygen atoms in total. The number of nitrogens with zero attached hydrogens (tertiary/aromatic N) is 5. The number of fused-ring (bicyclic) bond motifs is 3. The van der Waals surface area contributed by atoms with E-state index < -0.39 is 0 Å². The third kappa shape index (κ3) is 3.42. The van der Waals surface area contributed by atoms with Crippen molar-refractivity contribution in [3.63, 3.8) is 0 Å². The van der Waals surface area contributed by atoms with Crippen LogP contribution in [-0.4, -0.2) is 57.0 Å². The van der Waals surface area contributed by atoms with E-state index >= 15 is 0 Å². The van der Waals surface area contributed by atoms with Gasteiger partial charge in [0, 0.05) is 31.1 Å². The summed E-state index contributed by atoms with van der Waals surface area (Å²) in [6, 6.07) is 6.51. The number of likely N-dealkylation sites (tertiary alicyclic amines) is 1. The monoisotopic (exact) mass is 455 g/mol. The highest BCUT2D eigenvalue weighted by atomic mass is 35.5. The van der Waals surface area contributed by atoms with Gasteiger partial charge in [-0.1, -0.05) is 17.7 Å². The summed E-state index contributed by atoms with van der Waals surface area (Å²) < 4.78 is 7.27. The van der Waals surface area contributed by atoms with E-state index in [-0.39, 0.29) is 30.0 Å². The number of hydrogen-bond donors (Lipinski definition) is 0. The van der Waals surface area contributed by atoms with E-state index in [1.54, 1.807) is 23.7 Å². The van der Waals surface area contributed by atoms with Gasteiger partial charge in [0.1, 0.15) is 11.9 Å². The minimum absolute atomic E-state index is 0.0587. The second-order valence-corrected chi connectivity index (χ2v) is 9.89. The van der Waals surface area contributed by atoms with Gasteiger partial charge in [0.05, 0.1) is 33.1 Å². The van der Waals surface area contributed by atoms with Crippen LogP contribution in [0.25, 0.3) is 10.2 Å². The summed E-state index contributed by atoms with van der Waals surface area (Å²) in [7, 11) is 0. The van der Waals surface area contributed by atoms with Gasteiger partial charge in [-0.3, -0.25) is 4.79 Å². The molecule has 0 N–H and O–H groups in total. The molecule has 3 aliphatic rings. The maximum absolute atomic E-state index is 13.2. The molecule has 2 unspecified atom stereocenters. The molecule has 2 aliphatic heterocycles. The number of halogens is 1. The predicted molar refractivity (Wildman–Crippen MR) is 120 cm³/mol. The smallest absolute Gasteiger partial charge is 0.226 e. The third-order valence-corrected chi connectivity index (χ3v) is 7.74. The highest BCUT2D eigenvalue weighted by Gasteiger charge is 2.46. The Balaban J connectivity index is 1.07. The fourth-order valence-corrected chi connectivity index (χ4v) is 5.95. The second-order valence-electron chi connectivity index (χ2n) is 8.60. The van der Waals surface area contributed by atoms with Gasteiger partial charge in [0.2, 0.25) is 11.9 Å². The van der Waals surface area contributed by atoms with Crippen molar-refractivity contribution in [3.05, 3.63) is 41.1 Å². The molecule has 1 saturated carbocycles. The van der Waals surface area contributed by atoms with Gasteiger partial charge in [-0.15, -0.1) is 11.3 Å². The van der Waals surface area contributed by atoms with Crippen molar-refractivity contribution in [1.29, 1.82) is 0 Å². The number of carbonyl (C=O) groups is 1. The minimum atomic E-state index is 0.0587. The van der Waals surface area contributed by atoms with E-state index in [0.717, 1.165) is 60.7 Å². The molecule has 1 aliphatic carbocycles. The summed E-state index contributed by atoms with van der Waals surface area (Å²) in [6.07, 6.45) is 7.07. The Hall–Kier alpha value is -2.45. The molecule has 2 saturated heterocycles. The first-order chi connectivity index (χ1) is 15.2. The van der Waals surface area contributed by atoms with E-state index in [9.17, 15) is 4.79 Å². The zero-order valence-electron chi connectivity index (χ0n) is 16.9. The first-order valence-corrected chi connectivity index (χ1v) is 11.9. The first kappa shape index (κ1) is 19.3. The molecule has 2 atom stereocenters. The summed E-state index contributed by atoms with van der Waals surface area (Å²) >= 11 is 7.53. The Bertz CT molecular complexity index is 1100. The van der Waals surface area contributed by atoms with Crippen LogP contribution in [0.3, 0.4) is 0 Å². The van der Waals surface area contributed by atoms with Gasteiger partial charge in [-0.05, 0) is 37.8 Å². The summed E-state index contributed by atoms with van der Waals surface area (Å²) in [6.45, 7) is 1.48. The average Bonchev–Trinajstić information content (AvgIpc) is 3.33. The van der Waals surface area contributed by atoms with Crippen molar-refractivity contribution in [2.45, 2.75) is 43.9 Å². The molecule has 31 heavy (non-hydrogen) atoms. The lowest BCUT2D eigenvalue weighted by molar-refractivity contribution is -0.142. The van der Waals surface area contributed by atoms with E-state index in [1.807, 2.05) is 23.7 Å². The van der Waals surface area contributed by atoms with Crippen LogP contribution in [0.1, 0.15) is 25.7 Å². The van der Waals surface area contributed by atoms with Gasteiger partial charge < -0.3 is 14.5 Å². The number of carbonyl (C=O) groups excluding carboxylic acids is 1. The van der Waals surface area contributed by atoms with Gasteiger partial charge >= 0.3 is 0 Å². The number of hydrogen-bond acceptors (Lipinski definition) is 7. The molecular formula is C22H22ClN5O2S. The van der Waals surface area contributed by atoms with Crippen LogP contribution in [0.15, 0.2) is 36.1 Å². The van der Waals surface area contributed by atoms with Crippen LogP contribution in [0.5, 0.6) is 5.75 Å². The van der Waals surface area contributed by atoms with Crippen molar-refractivity contribution in [1.82, 2.24) is 19.9 Å². The number of ether oxygens (including phenoxy) is 1. The Labute approximate surface area is 189 Å². The Morgan fingerprint density at radius 3 is 2.58 bits per heavy atom. The molecule has 0 spiro atoms. The highest BCUT2D eigenvalue weighted by molar-refractivity contribution is 7.17. The second kappa shape index (κ2) is 7.60. The largest absolute Gasteiger partial charge is 0.489 e. The van der Waals surface area contributed by atoms with Crippen LogP contribution < -0.4 is 9.64 Å². The summed E-state index contributed by atoms with van der Waals surface area (Å²) in [5.41, 5.74) is 2.81. The molecule has 6 rings (SSSR count). The molecule has 160 valence electrons. The van der Waals surface area contributed by atoms with Crippen molar-refractivity contribution in [2.75, 3.05) is 18.0 Å². The van der Waals surface area contributed by atoms with E-state index in [0.29, 0.717) is 5.02 Å². The maximum Gasteiger partial charge on any atom is 0.226 e. The van der Waals surface area contributed by atoms with Gasteiger partial charge in [-0.25, -0.2) is 15.0 Å². The lowest BCUT2D eigenvalue weighted by atomic mass is 9.81. The molecule has 2 aromatic heterocycles. The number of aromatic nitrogens is 3. The van der Waals surface area contributed by atoms with Crippen LogP contribution in [0.4, 0.5) is 5.95 Å². The summed E-state index contributed by atoms with van der Waals surface area (Å²) in [5, 5.41) is 0.540. The molecule has 2 bridgehead atoms. The zero-order valence-corrected chi connectivity index (χ0v) is 18.4. The number of rotatable bonds is 4. The maximum atomic E-state index is 13.2. The average molecular weight is 456 g/mol. The summed E-state index contributed by atoms with van der Waals surface area (Å²) in [4.78, 5) is 30.6. The first-order valence-electron chi connectivity index (χ1n) is 10.7. The van der Waals surface area contributed by atoms with Crippen molar-refractivity contribution < 1.29 is 9.53 Å². The fraction of sp³-hybridized carbons (Fsp3) is 0.455. The molecule has 4 heterocycles. The molecule has 0 radical (unpaired) electrons. The number of anilines is 1. The number of piperazine rings is 1. The molecule has 9 heteroatoms. The molecule has 3 fully saturated rings. The van der Waals surface area contributed by atoms with Crippen LogP contribution in [-0.2, 0) is 4.79 Å². The normalized spacial score (nSPS) is 27.4. The minimum Gasteiger partial charge on any atom is -0.489 e. The van der Waals surface area contributed by atoms with Crippen LogP contribution in [0.2, 0.25) is 5.02 Å². The summed E-state index contributed by atoms with van der Waals surface area (Å²) in [5.74, 6) is 1.93. The SMILES string of the molecule is O=C(C1CC(Oc2cccc3ncsc23)C1)N1CC2CCC(C1)N2c1ncc(Cl)cn1. The predicted octanol–water partition coefficient (Wildman–Crippen LogP) is 3.78. The molecular weight excluding hydrogens is 434 g/mol. The topological polar surface area (TPSA) is 71.5 Å². The van der Waals surface area contributed by atoms with Crippen molar-refractivity contribution in [3.8, 4) is 5.75 Å². The van der Waals surface area contributed by atoms with Crippen molar-refractivity contribution in [2.24, 2.45) is 5.92 Å². The lowest BCUT2D eigenvalue weighted by Crippen LogP contribution is -2.58. The number of thiazole rings is 1. The van der Waals surface area contributed by atoms with Crippen LogP contribution >= 0.6 is 22.9 Å². The highest BCUT2D eigenvalue weighted by Crippen LogP contribution is 2.39. The zero-order chi connectivity index (χ0) is 20.9. The Kier molecular flexibility index (Phi) is 4.72. The molecule has 3 aromatic rings.